The molecule has 0 aliphatic heterocycles. The third-order valence-electron chi connectivity index (χ3n) is 2.48. The van der Waals surface area contributed by atoms with Crippen LogP contribution in [-0.2, 0) is 0 Å². The Morgan fingerprint density at radius 3 is 2.50 bits per heavy atom. The molecule has 78 valence electrons. The molecule has 1 aromatic rings. The summed E-state index contributed by atoms with van der Waals surface area (Å²) in [6.45, 7) is 6.25. The van der Waals surface area contributed by atoms with E-state index in [0.717, 1.165) is 11.3 Å². The number of aliphatic hydroxyl groups excluding tert-OH is 1. The molecule has 0 aliphatic rings. The molecule has 0 amide bonds. The first-order chi connectivity index (χ1) is 6.60. The molecule has 2 nitrogen and oxygen atoms in total. The number of ether oxygens (including phenoxy) is 1. The van der Waals surface area contributed by atoms with Gasteiger partial charge in [0.25, 0.3) is 0 Å². The third-order valence-corrected chi connectivity index (χ3v) is 2.48. The fourth-order valence-electron chi connectivity index (χ4n) is 1.83. The average Bonchev–Trinajstić information content (AvgIpc) is 2.15. The second-order valence-electron chi connectivity index (χ2n) is 3.78. The van der Waals surface area contributed by atoms with Gasteiger partial charge >= 0.3 is 0 Å². The van der Waals surface area contributed by atoms with Crippen LogP contribution in [0.5, 0.6) is 5.75 Å². The van der Waals surface area contributed by atoms with Gasteiger partial charge in [0.15, 0.2) is 0 Å². The SMILES string of the molecule is COc1cc(C)cc(C)c1C(C)CO. The van der Waals surface area contributed by atoms with Gasteiger partial charge in [0.05, 0.1) is 7.11 Å². The molecule has 1 atom stereocenters. The van der Waals surface area contributed by atoms with E-state index in [1.54, 1.807) is 7.11 Å². The van der Waals surface area contributed by atoms with Gasteiger partial charge in [-0.25, -0.2) is 0 Å². The summed E-state index contributed by atoms with van der Waals surface area (Å²) in [6, 6.07) is 4.12. The molecule has 1 rings (SSSR count). The highest BCUT2D eigenvalue weighted by Crippen LogP contribution is 2.30. The monoisotopic (exact) mass is 194 g/mol. The van der Waals surface area contributed by atoms with Crippen molar-refractivity contribution in [2.45, 2.75) is 26.7 Å². The van der Waals surface area contributed by atoms with Crippen LogP contribution in [-0.4, -0.2) is 18.8 Å². The third kappa shape index (κ3) is 2.07. The van der Waals surface area contributed by atoms with Crippen molar-refractivity contribution >= 4 is 0 Å². The Kier molecular flexibility index (Phi) is 3.53. The largest absolute Gasteiger partial charge is 0.496 e. The first kappa shape index (κ1) is 11.1. The molecule has 0 saturated carbocycles. The van der Waals surface area contributed by atoms with Gasteiger partial charge in [-0.05, 0) is 31.0 Å². The minimum absolute atomic E-state index is 0.130. The quantitative estimate of drug-likeness (QED) is 0.800. The Balaban J connectivity index is 3.24. The van der Waals surface area contributed by atoms with Gasteiger partial charge in [0, 0.05) is 18.1 Å². The predicted octanol–water partition coefficient (Wildman–Crippen LogP) is 2.41. The molecule has 0 aromatic heterocycles. The van der Waals surface area contributed by atoms with E-state index < -0.39 is 0 Å². The first-order valence-electron chi connectivity index (χ1n) is 4.86. The van der Waals surface area contributed by atoms with Crippen LogP contribution in [0.2, 0.25) is 0 Å². The van der Waals surface area contributed by atoms with Crippen LogP contribution in [0.3, 0.4) is 0 Å². The molecular formula is C12H18O2. The van der Waals surface area contributed by atoms with Crippen molar-refractivity contribution in [3.63, 3.8) is 0 Å². The number of aryl methyl sites for hydroxylation is 2. The van der Waals surface area contributed by atoms with Gasteiger partial charge in [-0.3, -0.25) is 0 Å². The van der Waals surface area contributed by atoms with Crippen LogP contribution in [0.15, 0.2) is 12.1 Å². The Bertz CT molecular complexity index is 318. The maximum Gasteiger partial charge on any atom is 0.122 e. The molecule has 1 N–H and O–H groups in total. The van der Waals surface area contributed by atoms with E-state index in [9.17, 15) is 0 Å². The molecule has 0 saturated heterocycles. The molecule has 14 heavy (non-hydrogen) atoms. The van der Waals surface area contributed by atoms with Crippen LogP contribution in [0.25, 0.3) is 0 Å². The summed E-state index contributed by atoms with van der Waals surface area (Å²) in [6.07, 6.45) is 0. The second kappa shape index (κ2) is 4.47. The van der Waals surface area contributed by atoms with Gasteiger partial charge in [0.1, 0.15) is 5.75 Å². The van der Waals surface area contributed by atoms with Crippen molar-refractivity contribution in [3.8, 4) is 5.75 Å². The normalized spacial score (nSPS) is 12.6. The van der Waals surface area contributed by atoms with E-state index in [0.29, 0.717) is 0 Å². The molecule has 1 unspecified atom stereocenters. The zero-order valence-electron chi connectivity index (χ0n) is 9.29. The Morgan fingerprint density at radius 1 is 1.36 bits per heavy atom. The summed E-state index contributed by atoms with van der Waals surface area (Å²) < 4.78 is 5.32. The predicted molar refractivity (Wildman–Crippen MR) is 58.0 cm³/mol. The maximum atomic E-state index is 9.15. The van der Waals surface area contributed by atoms with E-state index in [-0.39, 0.29) is 12.5 Å². The number of aliphatic hydroxyl groups is 1. The van der Waals surface area contributed by atoms with E-state index in [1.807, 2.05) is 19.9 Å². The van der Waals surface area contributed by atoms with Crippen LogP contribution >= 0.6 is 0 Å². The van der Waals surface area contributed by atoms with Crippen LogP contribution < -0.4 is 4.74 Å². The minimum atomic E-state index is 0.130. The van der Waals surface area contributed by atoms with E-state index in [2.05, 4.69) is 13.0 Å². The lowest BCUT2D eigenvalue weighted by molar-refractivity contribution is 0.269. The summed E-state index contributed by atoms with van der Waals surface area (Å²) in [4.78, 5) is 0. The average molecular weight is 194 g/mol. The fourth-order valence-corrected chi connectivity index (χ4v) is 1.83. The molecule has 0 fully saturated rings. The lowest BCUT2D eigenvalue weighted by Crippen LogP contribution is -2.04. The zero-order valence-corrected chi connectivity index (χ0v) is 9.29. The highest BCUT2D eigenvalue weighted by atomic mass is 16.5. The maximum absolute atomic E-state index is 9.15. The van der Waals surface area contributed by atoms with Gasteiger partial charge < -0.3 is 9.84 Å². The summed E-state index contributed by atoms with van der Waals surface area (Å²) in [5.74, 6) is 1.01. The van der Waals surface area contributed by atoms with Gasteiger partial charge in [-0.1, -0.05) is 13.0 Å². The summed E-state index contributed by atoms with van der Waals surface area (Å²) in [7, 11) is 1.67. The van der Waals surface area contributed by atoms with E-state index in [4.69, 9.17) is 9.84 Å². The molecule has 0 heterocycles. The van der Waals surface area contributed by atoms with Crippen molar-refractivity contribution in [1.29, 1.82) is 0 Å². The topological polar surface area (TPSA) is 29.5 Å². The molecule has 2 heteroatoms. The molecular weight excluding hydrogens is 176 g/mol. The van der Waals surface area contributed by atoms with Crippen molar-refractivity contribution in [2.24, 2.45) is 0 Å². The molecule has 0 radical (unpaired) electrons. The summed E-state index contributed by atoms with van der Waals surface area (Å²) >= 11 is 0. The summed E-state index contributed by atoms with van der Waals surface area (Å²) in [5, 5.41) is 9.15. The smallest absolute Gasteiger partial charge is 0.122 e. The first-order valence-corrected chi connectivity index (χ1v) is 4.86. The standard InChI is InChI=1S/C12H18O2/c1-8-5-9(2)12(10(3)7-13)11(6-8)14-4/h5-6,10,13H,7H2,1-4H3. The summed E-state index contributed by atoms with van der Waals surface area (Å²) in [5.41, 5.74) is 3.48. The van der Waals surface area contributed by atoms with E-state index >= 15 is 0 Å². The number of rotatable bonds is 3. The van der Waals surface area contributed by atoms with Crippen molar-refractivity contribution in [2.75, 3.05) is 13.7 Å². The Morgan fingerprint density at radius 2 is 2.00 bits per heavy atom. The van der Waals surface area contributed by atoms with E-state index in [1.165, 1.54) is 11.1 Å². The van der Waals surface area contributed by atoms with Gasteiger partial charge in [-0.2, -0.15) is 0 Å². The van der Waals surface area contributed by atoms with Crippen molar-refractivity contribution in [1.82, 2.24) is 0 Å². The Labute approximate surface area is 85.5 Å². The van der Waals surface area contributed by atoms with Gasteiger partial charge in [0.2, 0.25) is 0 Å². The number of hydrogen-bond acceptors (Lipinski definition) is 2. The number of benzene rings is 1. The van der Waals surface area contributed by atoms with Crippen molar-refractivity contribution in [3.05, 3.63) is 28.8 Å². The van der Waals surface area contributed by atoms with Crippen LogP contribution in [0.1, 0.15) is 29.5 Å². The zero-order chi connectivity index (χ0) is 10.7. The Hall–Kier alpha value is -1.02. The molecule has 0 spiro atoms. The van der Waals surface area contributed by atoms with Crippen molar-refractivity contribution < 1.29 is 9.84 Å². The molecule has 0 aliphatic carbocycles. The lowest BCUT2D eigenvalue weighted by Gasteiger charge is -2.17. The minimum Gasteiger partial charge on any atom is -0.496 e. The highest BCUT2D eigenvalue weighted by molar-refractivity contribution is 5.45. The molecule has 1 aromatic carbocycles. The van der Waals surface area contributed by atoms with Gasteiger partial charge in [-0.15, -0.1) is 0 Å². The lowest BCUT2D eigenvalue weighted by atomic mass is 9.94. The van der Waals surface area contributed by atoms with Crippen LogP contribution in [0.4, 0.5) is 0 Å². The molecule has 0 bridgehead atoms. The highest BCUT2D eigenvalue weighted by Gasteiger charge is 2.13. The fraction of sp³-hybridized carbons (Fsp3) is 0.500. The second-order valence-corrected chi connectivity index (χ2v) is 3.78. The number of methoxy groups -OCH3 is 1. The number of hydrogen-bond donors (Lipinski definition) is 1. The van der Waals surface area contributed by atoms with Crippen LogP contribution in [0, 0.1) is 13.8 Å².